The highest BCUT2D eigenvalue weighted by atomic mass is 32.2. The van der Waals surface area contributed by atoms with Crippen molar-refractivity contribution in [1.82, 2.24) is 0 Å². The van der Waals surface area contributed by atoms with Gasteiger partial charge in [-0.2, -0.15) is 13.2 Å². The Hall–Kier alpha value is -1.57. The molecule has 8 heteroatoms. The highest BCUT2D eigenvalue weighted by molar-refractivity contribution is 7.91. The van der Waals surface area contributed by atoms with Gasteiger partial charge >= 0.3 is 6.18 Å². The fourth-order valence-electron chi connectivity index (χ4n) is 1.61. The van der Waals surface area contributed by atoms with Crippen molar-refractivity contribution in [2.75, 3.05) is 11.1 Å². The Morgan fingerprint density at radius 3 is 2.50 bits per heavy atom. The predicted octanol–water partition coefficient (Wildman–Crippen LogP) is 1.82. The number of amides is 1. The number of hydrogen-bond donors (Lipinski definition) is 1. The zero-order valence-electron chi connectivity index (χ0n) is 8.91. The van der Waals surface area contributed by atoms with Crippen LogP contribution in [0.25, 0.3) is 0 Å². The lowest BCUT2D eigenvalue weighted by atomic mass is 10.2. The number of fused-ring (bicyclic) bond motifs is 1. The van der Waals surface area contributed by atoms with Gasteiger partial charge in [0.25, 0.3) is 0 Å². The second-order valence-corrected chi connectivity index (χ2v) is 5.90. The number of benzene rings is 1. The molecule has 0 bridgehead atoms. The largest absolute Gasteiger partial charge is 0.416 e. The van der Waals surface area contributed by atoms with Gasteiger partial charge in [-0.25, -0.2) is 8.42 Å². The zero-order chi connectivity index (χ0) is 13.6. The van der Waals surface area contributed by atoms with Crippen LogP contribution in [0.2, 0.25) is 0 Å². The van der Waals surface area contributed by atoms with E-state index < -0.39 is 38.1 Å². The Labute approximate surface area is 101 Å². The van der Waals surface area contributed by atoms with E-state index in [-0.39, 0.29) is 12.1 Å². The third-order valence-electron chi connectivity index (χ3n) is 2.52. The molecule has 4 nitrogen and oxygen atoms in total. The number of nitrogens with one attached hydrogen (secondary N) is 1. The maximum absolute atomic E-state index is 12.5. The standard InChI is InChI=1S/C10H8F3NO3S/c11-10(12,13)6-1-2-7-8(5-6)18(16,17)4-3-9(15)14-7/h1-2,5H,3-4H2,(H,14,15). The Bertz CT molecular complexity index is 607. The molecule has 0 fully saturated rings. The van der Waals surface area contributed by atoms with Crippen molar-refractivity contribution < 1.29 is 26.4 Å². The maximum atomic E-state index is 12.5. The molecule has 0 atom stereocenters. The van der Waals surface area contributed by atoms with Crippen molar-refractivity contribution in [3.05, 3.63) is 23.8 Å². The summed E-state index contributed by atoms with van der Waals surface area (Å²) in [5.74, 6) is -1.02. The van der Waals surface area contributed by atoms with Gasteiger partial charge in [0.15, 0.2) is 9.84 Å². The number of halogens is 3. The molecule has 1 amide bonds. The van der Waals surface area contributed by atoms with Crippen molar-refractivity contribution in [1.29, 1.82) is 0 Å². The summed E-state index contributed by atoms with van der Waals surface area (Å²) in [6, 6.07) is 2.25. The minimum Gasteiger partial charge on any atom is -0.325 e. The number of anilines is 1. The third-order valence-corrected chi connectivity index (χ3v) is 4.27. The summed E-state index contributed by atoms with van der Waals surface area (Å²) in [5.41, 5.74) is -1.16. The van der Waals surface area contributed by atoms with Crippen LogP contribution in [0.4, 0.5) is 18.9 Å². The van der Waals surface area contributed by atoms with E-state index in [0.717, 1.165) is 12.1 Å². The minimum atomic E-state index is -4.62. The summed E-state index contributed by atoms with van der Waals surface area (Å²) in [5, 5.41) is 2.27. The molecule has 1 heterocycles. The molecule has 1 N–H and O–H groups in total. The highest BCUT2D eigenvalue weighted by Gasteiger charge is 2.34. The summed E-state index contributed by atoms with van der Waals surface area (Å²) < 4.78 is 61.0. The number of sulfone groups is 1. The zero-order valence-corrected chi connectivity index (χ0v) is 9.73. The Morgan fingerprint density at radius 1 is 1.22 bits per heavy atom. The average Bonchev–Trinajstić information content (AvgIpc) is 2.35. The number of rotatable bonds is 0. The van der Waals surface area contributed by atoms with Crippen LogP contribution >= 0.6 is 0 Å². The third kappa shape index (κ3) is 2.33. The van der Waals surface area contributed by atoms with E-state index in [2.05, 4.69) is 5.32 Å². The molecular weight excluding hydrogens is 271 g/mol. The Kier molecular flexibility index (Phi) is 2.84. The molecule has 1 aromatic carbocycles. The first kappa shape index (κ1) is 12.9. The normalized spacial score (nSPS) is 18.7. The van der Waals surface area contributed by atoms with Gasteiger partial charge in [-0.3, -0.25) is 4.79 Å². The van der Waals surface area contributed by atoms with Gasteiger partial charge in [-0.1, -0.05) is 0 Å². The second-order valence-electron chi connectivity index (χ2n) is 3.83. The topological polar surface area (TPSA) is 63.2 Å². The summed E-state index contributed by atoms with van der Waals surface area (Å²) in [7, 11) is -3.88. The van der Waals surface area contributed by atoms with E-state index in [0.29, 0.717) is 6.07 Å². The molecule has 0 spiro atoms. The van der Waals surface area contributed by atoms with Crippen LogP contribution in [-0.4, -0.2) is 20.1 Å². The fraction of sp³-hybridized carbons (Fsp3) is 0.300. The molecule has 2 rings (SSSR count). The van der Waals surface area contributed by atoms with E-state index in [1.165, 1.54) is 0 Å². The van der Waals surface area contributed by atoms with Gasteiger partial charge in [-0.15, -0.1) is 0 Å². The molecule has 98 valence electrons. The first-order chi connectivity index (χ1) is 8.20. The van der Waals surface area contributed by atoms with Gasteiger partial charge in [0.1, 0.15) is 0 Å². The second kappa shape index (κ2) is 3.98. The van der Waals surface area contributed by atoms with Gasteiger partial charge in [0, 0.05) is 6.42 Å². The smallest absolute Gasteiger partial charge is 0.325 e. The molecule has 0 aromatic heterocycles. The van der Waals surface area contributed by atoms with Crippen LogP contribution < -0.4 is 5.32 Å². The molecule has 18 heavy (non-hydrogen) atoms. The van der Waals surface area contributed by atoms with E-state index in [9.17, 15) is 26.4 Å². The highest BCUT2D eigenvalue weighted by Crippen LogP contribution is 2.34. The monoisotopic (exact) mass is 279 g/mol. The predicted molar refractivity (Wildman–Crippen MR) is 56.7 cm³/mol. The molecular formula is C10H8F3NO3S. The van der Waals surface area contributed by atoms with Crippen LogP contribution in [0.3, 0.4) is 0 Å². The average molecular weight is 279 g/mol. The van der Waals surface area contributed by atoms with E-state index in [1.54, 1.807) is 0 Å². The van der Waals surface area contributed by atoms with Gasteiger partial charge in [-0.05, 0) is 18.2 Å². The van der Waals surface area contributed by atoms with Crippen LogP contribution in [-0.2, 0) is 20.8 Å². The first-order valence-corrected chi connectivity index (χ1v) is 6.59. The van der Waals surface area contributed by atoms with Crippen LogP contribution in [0.1, 0.15) is 12.0 Å². The van der Waals surface area contributed by atoms with Gasteiger partial charge in [0.05, 0.1) is 21.9 Å². The number of alkyl halides is 3. The van der Waals surface area contributed by atoms with Crippen LogP contribution in [0, 0.1) is 0 Å². The summed E-state index contributed by atoms with van der Waals surface area (Å²) in [4.78, 5) is 10.7. The van der Waals surface area contributed by atoms with Crippen LogP contribution in [0.5, 0.6) is 0 Å². The Balaban J connectivity index is 2.63. The van der Waals surface area contributed by atoms with Crippen LogP contribution in [0.15, 0.2) is 23.1 Å². The number of hydrogen-bond acceptors (Lipinski definition) is 3. The van der Waals surface area contributed by atoms with Crippen molar-refractivity contribution in [2.45, 2.75) is 17.5 Å². The van der Waals surface area contributed by atoms with Crippen molar-refractivity contribution >= 4 is 21.4 Å². The molecule has 0 saturated carbocycles. The lowest BCUT2D eigenvalue weighted by Gasteiger charge is -2.11. The van der Waals surface area contributed by atoms with Gasteiger partial charge in [0.2, 0.25) is 5.91 Å². The molecule has 0 radical (unpaired) electrons. The van der Waals surface area contributed by atoms with E-state index in [1.807, 2.05) is 0 Å². The lowest BCUT2D eigenvalue weighted by molar-refractivity contribution is -0.137. The first-order valence-electron chi connectivity index (χ1n) is 4.94. The van der Waals surface area contributed by atoms with Crippen molar-refractivity contribution in [2.24, 2.45) is 0 Å². The minimum absolute atomic E-state index is 0.106. The van der Waals surface area contributed by atoms with Crippen molar-refractivity contribution in [3.63, 3.8) is 0 Å². The summed E-state index contributed by atoms with van der Waals surface area (Å²) in [6.07, 6.45) is -4.89. The summed E-state index contributed by atoms with van der Waals surface area (Å²) >= 11 is 0. The van der Waals surface area contributed by atoms with E-state index >= 15 is 0 Å². The lowest BCUT2D eigenvalue weighted by Crippen LogP contribution is -2.11. The SMILES string of the molecule is O=C1CCS(=O)(=O)c2cc(C(F)(F)F)ccc2N1. The molecule has 1 aromatic rings. The molecule has 0 saturated heterocycles. The van der Waals surface area contributed by atoms with Crippen molar-refractivity contribution in [3.8, 4) is 0 Å². The van der Waals surface area contributed by atoms with E-state index in [4.69, 9.17) is 0 Å². The molecule has 0 aliphatic carbocycles. The molecule has 1 aliphatic heterocycles. The quantitative estimate of drug-likeness (QED) is 0.788. The van der Waals surface area contributed by atoms with Gasteiger partial charge < -0.3 is 5.32 Å². The molecule has 0 unspecified atom stereocenters. The number of carbonyl (C=O) groups excluding carboxylic acids is 1. The fourth-order valence-corrected chi connectivity index (χ4v) is 3.04. The molecule has 1 aliphatic rings. The summed E-state index contributed by atoms with van der Waals surface area (Å²) in [6.45, 7) is 0. The number of carbonyl (C=O) groups is 1. The Morgan fingerprint density at radius 2 is 1.89 bits per heavy atom. The maximum Gasteiger partial charge on any atom is 0.416 e.